The van der Waals surface area contributed by atoms with E-state index < -0.39 is 0 Å². The standard InChI is InChI=1S/C8H16O2/c1-2-8(7-10)5-3-4-6-9/h2,8-10H,1,3-7H2. The molecule has 2 heteroatoms. The van der Waals surface area contributed by atoms with Crippen molar-refractivity contribution in [2.75, 3.05) is 13.2 Å². The molecule has 0 aromatic heterocycles. The molecule has 0 radical (unpaired) electrons. The summed E-state index contributed by atoms with van der Waals surface area (Å²) in [7, 11) is 0. The highest BCUT2D eigenvalue weighted by Crippen LogP contribution is 2.07. The summed E-state index contributed by atoms with van der Waals surface area (Å²) in [6.45, 7) is 4.01. The summed E-state index contributed by atoms with van der Waals surface area (Å²) in [5.41, 5.74) is 0. The summed E-state index contributed by atoms with van der Waals surface area (Å²) in [5, 5.41) is 17.1. The fraction of sp³-hybridized carbons (Fsp3) is 0.750. The van der Waals surface area contributed by atoms with Gasteiger partial charge in [0.05, 0.1) is 0 Å². The Balaban J connectivity index is 3.17. The van der Waals surface area contributed by atoms with E-state index in [1.807, 2.05) is 0 Å². The van der Waals surface area contributed by atoms with Gasteiger partial charge in [-0.3, -0.25) is 0 Å². The molecule has 0 saturated heterocycles. The summed E-state index contributed by atoms with van der Waals surface area (Å²) < 4.78 is 0. The maximum absolute atomic E-state index is 8.69. The molecule has 0 aliphatic carbocycles. The van der Waals surface area contributed by atoms with Crippen molar-refractivity contribution in [2.45, 2.75) is 19.3 Å². The van der Waals surface area contributed by atoms with E-state index in [9.17, 15) is 0 Å². The largest absolute Gasteiger partial charge is 0.396 e. The van der Waals surface area contributed by atoms with Crippen LogP contribution < -0.4 is 0 Å². The molecule has 0 bridgehead atoms. The molecule has 0 aliphatic heterocycles. The van der Waals surface area contributed by atoms with Gasteiger partial charge in [-0.25, -0.2) is 0 Å². The predicted molar refractivity (Wildman–Crippen MR) is 41.7 cm³/mol. The highest BCUT2D eigenvalue weighted by atomic mass is 16.3. The molecule has 0 saturated carbocycles. The van der Waals surface area contributed by atoms with E-state index >= 15 is 0 Å². The van der Waals surface area contributed by atoms with E-state index in [1.54, 1.807) is 6.08 Å². The van der Waals surface area contributed by atoms with E-state index in [-0.39, 0.29) is 19.1 Å². The lowest BCUT2D eigenvalue weighted by Gasteiger charge is -2.06. The Morgan fingerprint density at radius 1 is 1.30 bits per heavy atom. The second-order valence-corrected chi connectivity index (χ2v) is 2.40. The second kappa shape index (κ2) is 6.78. The van der Waals surface area contributed by atoms with Crippen LogP contribution in [0.2, 0.25) is 0 Å². The van der Waals surface area contributed by atoms with Crippen LogP contribution in [0.1, 0.15) is 19.3 Å². The number of unbranched alkanes of at least 4 members (excludes halogenated alkanes) is 1. The van der Waals surface area contributed by atoms with Crippen LogP contribution in [0.25, 0.3) is 0 Å². The number of hydrogen-bond donors (Lipinski definition) is 2. The number of aliphatic hydroxyl groups excluding tert-OH is 2. The molecule has 0 fully saturated rings. The van der Waals surface area contributed by atoms with Crippen molar-refractivity contribution in [1.29, 1.82) is 0 Å². The fourth-order valence-electron chi connectivity index (χ4n) is 0.802. The van der Waals surface area contributed by atoms with Crippen LogP contribution in [0.15, 0.2) is 12.7 Å². The molecule has 0 rings (SSSR count). The fourth-order valence-corrected chi connectivity index (χ4v) is 0.802. The van der Waals surface area contributed by atoms with Crippen LogP contribution in [0.4, 0.5) is 0 Å². The van der Waals surface area contributed by atoms with Gasteiger partial charge in [-0.2, -0.15) is 0 Å². The van der Waals surface area contributed by atoms with Gasteiger partial charge in [0.2, 0.25) is 0 Å². The van der Waals surface area contributed by atoms with Crippen LogP contribution in [0, 0.1) is 5.92 Å². The SMILES string of the molecule is C=CC(CO)CCCCO. The minimum absolute atomic E-state index is 0.176. The third-order valence-electron chi connectivity index (χ3n) is 1.55. The first kappa shape index (κ1) is 9.66. The maximum Gasteiger partial charge on any atom is 0.0493 e. The molecular formula is C8H16O2. The molecule has 2 nitrogen and oxygen atoms in total. The Bertz CT molecular complexity index is 81.3. The van der Waals surface area contributed by atoms with Crippen LogP contribution in [0.3, 0.4) is 0 Å². The zero-order chi connectivity index (χ0) is 7.82. The Morgan fingerprint density at radius 2 is 2.00 bits per heavy atom. The van der Waals surface area contributed by atoms with Gasteiger partial charge < -0.3 is 10.2 Å². The lowest BCUT2D eigenvalue weighted by Crippen LogP contribution is -2.01. The molecule has 0 aliphatic rings. The van der Waals surface area contributed by atoms with Gasteiger partial charge in [0.15, 0.2) is 0 Å². The van der Waals surface area contributed by atoms with Crippen molar-refractivity contribution < 1.29 is 10.2 Å². The van der Waals surface area contributed by atoms with E-state index in [0.29, 0.717) is 0 Å². The summed E-state index contributed by atoms with van der Waals surface area (Å²) in [5.74, 6) is 0.214. The van der Waals surface area contributed by atoms with Gasteiger partial charge in [0, 0.05) is 13.2 Å². The van der Waals surface area contributed by atoms with Crippen LogP contribution >= 0.6 is 0 Å². The van der Waals surface area contributed by atoms with Crippen molar-refractivity contribution in [1.82, 2.24) is 0 Å². The van der Waals surface area contributed by atoms with Crippen molar-refractivity contribution in [3.8, 4) is 0 Å². The Kier molecular flexibility index (Phi) is 6.55. The van der Waals surface area contributed by atoms with Crippen molar-refractivity contribution in [2.24, 2.45) is 5.92 Å². The lowest BCUT2D eigenvalue weighted by atomic mass is 10.0. The van der Waals surface area contributed by atoms with Crippen molar-refractivity contribution in [3.63, 3.8) is 0 Å². The van der Waals surface area contributed by atoms with Crippen molar-refractivity contribution >= 4 is 0 Å². The summed E-state index contributed by atoms with van der Waals surface area (Å²) in [6, 6.07) is 0. The minimum atomic E-state index is 0.176. The molecule has 60 valence electrons. The normalized spacial score (nSPS) is 13.0. The molecule has 0 amide bonds. The second-order valence-electron chi connectivity index (χ2n) is 2.40. The summed E-state index contributed by atoms with van der Waals surface area (Å²) in [6.07, 6.45) is 4.48. The smallest absolute Gasteiger partial charge is 0.0493 e. The highest BCUT2D eigenvalue weighted by molar-refractivity contribution is 4.77. The number of hydrogen-bond acceptors (Lipinski definition) is 2. The highest BCUT2D eigenvalue weighted by Gasteiger charge is 1.99. The van der Waals surface area contributed by atoms with Gasteiger partial charge in [-0.05, 0) is 18.8 Å². The van der Waals surface area contributed by atoms with Gasteiger partial charge in [0.25, 0.3) is 0 Å². The van der Waals surface area contributed by atoms with Crippen LogP contribution in [0.5, 0.6) is 0 Å². The van der Waals surface area contributed by atoms with Crippen molar-refractivity contribution in [3.05, 3.63) is 12.7 Å². The molecule has 1 atom stereocenters. The molecule has 10 heavy (non-hydrogen) atoms. The van der Waals surface area contributed by atoms with Gasteiger partial charge >= 0.3 is 0 Å². The zero-order valence-electron chi connectivity index (χ0n) is 6.29. The van der Waals surface area contributed by atoms with Gasteiger partial charge in [0.1, 0.15) is 0 Å². The van der Waals surface area contributed by atoms with Crippen LogP contribution in [-0.2, 0) is 0 Å². The minimum Gasteiger partial charge on any atom is -0.396 e. The molecule has 0 spiro atoms. The molecule has 1 unspecified atom stereocenters. The topological polar surface area (TPSA) is 40.5 Å². The third-order valence-corrected chi connectivity index (χ3v) is 1.55. The number of aliphatic hydroxyl groups is 2. The Hall–Kier alpha value is -0.340. The summed E-state index contributed by atoms with van der Waals surface area (Å²) in [4.78, 5) is 0. The molecule has 0 aromatic rings. The van der Waals surface area contributed by atoms with E-state index in [1.165, 1.54) is 0 Å². The monoisotopic (exact) mass is 144 g/mol. The van der Waals surface area contributed by atoms with E-state index in [0.717, 1.165) is 19.3 Å². The number of rotatable bonds is 6. The Morgan fingerprint density at radius 3 is 2.40 bits per heavy atom. The summed E-state index contributed by atoms with van der Waals surface area (Å²) >= 11 is 0. The van der Waals surface area contributed by atoms with Crippen LogP contribution in [-0.4, -0.2) is 23.4 Å². The lowest BCUT2D eigenvalue weighted by molar-refractivity contribution is 0.235. The molecule has 0 heterocycles. The van der Waals surface area contributed by atoms with Gasteiger partial charge in [-0.1, -0.05) is 12.5 Å². The quantitative estimate of drug-likeness (QED) is 0.430. The van der Waals surface area contributed by atoms with E-state index in [2.05, 4.69) is 6.58 Å². The maximum atomic E-state index is 8.69. The predicted octanol–water partition coefficient (Wildman–Crippen LogP) is 0.944. The first-order chi connectivity index (χ1) is 4.85. The average Bonchev–Trinajstić information content (AvgIpc) is 1.99. The van der Waals surface area contributed by atoms with E-state index in [4.69, 9.17) is 10.2 Å². The Labute approximate surface area is 62.2 Å². The average molecular weight is 144 g/mol. The first-order valence-electron chi connectivity index (χ1n) is 3.69. The molecule has 0 aromatic carbocycles. The first-order valence-corrected chi connectivity index (χ1v) is 3.69. The third kappa shape index (κ3) is 4.53. The zero-order valence-corrected chi connectivity index (χ0v) is 6.29. The molecule has 2 N–H and O–H groups in total. The molecular weight excluding hydrogens is 128 g/mol. The van der Waals surface area contributed by atoms with Gasteiger partial charge in [-0.15, -0.1) is 6.58 Å².